The van der Waals surface area contributed by atoms with Gasteiger partial charge in [0.25, 0.3) is 0 Å². The molecule has 0 aromatic heterocycles. The average Bonchev–Trinajstić information content (AvgIpc) is 3.12. The maximum atomic E-state index is 10.7. The van der Waals surface area contributed by atoms with Gasteiger partial charge in [0.2, 0.25) is 0 Å². The molecule has 0 radical (unpaired) electrons. The summed E-state index contributed by atoms with van der Waals surface area (Å²) in [6.07, 6.45) is 5.17. The lowest BCUT2D eigenvalue weighted by molar-refractivity contribution is -0.137. The zero-order chi connectivity index (χ0) is 21.4. The first-order valence-corrected chi connectivity index (χ1v) is 11.1. The predicted octanol–water partition coefficient (Wildman–Crippen LogP) is 3.11. The largest absolute Gasteiger partial charge is 0.481 e. The second-order valence-corrected chi connectivity index (χ2v) is 8.96. The maximum Gasteiger partial charge on any atom is 0.303 e. The second-order valence-electron chi connectivity index (χ2n) is 7.79. The number of nitrogens with zero attached hydrogens (tertiary/aromatic N) is 1. The Balaban J connectivity index is 2.07. The molecule has 5 nitrogen and oxygen atoms in total. The number of rotatable bonds is 8. The third-order valence-corrected chi connectivity index (χ3v) is 6.70. The van der Waals surface area contributed by atoms with Crippen LogP contribution in [-0.4, -0.2) is 49.8 Å². The van der Waals surface area contributed by atoms with Gasteiger partial charge in [-0.2, -0.15) is 0 Å². The summed E-state index contributed by atoms with van der Waals surface area (Å²) < 4.78 is 0. The molecule has 0 bridgehead atoms. The molecular weight excluding hydrogens is 386 g/mol. The van der Waals surface area contributed by atoms with Gasteiger partial charge in [0.15, 0.2) is 0 Å². The van der Waals surface area contributed by atoms with Crippen molar-refractivity contribution in [3.63, 3.8) is 0 Å². The molecule has 0 aromatic carbocycles. The standard InChI is InChI=1S/C23H31NO4S/c1-4-6-8-16(3)19(25)11-10-17-18-14-21(29-13-7-9-22(27)28)24-23(18,12-5-2)15-20(17)26/h10-11,16-20,25-26H,7-9,13-15H2,1-3H3,(H,27,28). The minimum absolute atomic E-state index is 0.0256. The summed E-state index contributed by atoms with van der Waals surface area (Å²) in [6, 6.07) is 0. The number of aliphatic imine (C=N–C) groups is 1. The van der Waals surface area contributed by atoms with Crippen molar-refractivity contribution < 1.29 is 20.1 Å². The molecule has 0 aromatic rings. The summed E-state index contributed by atoms with van der Waals surface area (Å²) >= 11 is 1.60. The fourth-order valence-corrected chi connectivity index (χ4v) is 5.10. The van der Waals surface area contributed by atoms with Crippen LogP contribution >= 0.6 is 11.8 Å². The molecular formula is C23H31NO4S. The molecule has 0 saturated heterocycles. The summed E-state index contributed by atoms with van der Waals surface area (Å²) in [6.45, 7) is 5.53. The Kier molecular flexibility index (Phi) is 8.83. The minimum Gasteiger partial charge on any atom is -0.481 e. The Labute approximate surface area is 178 Å². The van der Waals surface area contributed by atoms with E-state index < -0.39 is 23.7 Å². The highest BCUT2D eigenvalue weighted by Gasteiger charge is 2.55. The van der Waals surface area contributed by atoms with E-state index in [0.717, 1.165) is 11.5 Å². The Morgan fingerprint density at radius 2 is 2.17 bits per heavy atom. The molecule has 0 spiro atoms. The van der Waals surface area contributed by atoms with E-state index in [1.165, 1.54) is 0 Å². The lowest BCUT2D eigenvalue weighted by atomic mass is 9.83. The van der Waals surface area contributed by atoms with Gasteiger partial charge in [-0.25, -0.2) is 0 Å². The smallest absolute Gasteiger partial charge is 0.303 e. The van der Waals surface area contributed by atoms with Crippen LogP contribution in [-0.2, 0) is 4.79 Å². The minimum atomic E-state index is -0.782. The first-order valence-electron chi connectivity index (χ1n) is 10.1. The molecule has 6 atom stereocenters. The summed E-state index contributed by atoms with van der Waals surface area (Å²) in [4.78, 5) is 15.6. The summed E-state index contributed by atoms with van der Waals surface area (Å²) in [5, 5.41) is 30.8. The molecule has 1 fully saturated rings. The van der Waals surface area contributed by atoms with Crippen LogP contribution < -0.4 is 0 Å². The van der Waals surface area contributed by atoms with E-state index in [4.69, 9.17) is 10.1 Å². The molecule has 2 rings (SSSR count). The number of aliphatic hydroxyl groups is 2. The number of fused-ring (bicyclic) bond motifs is 1. The summed E-state index contributed by atoms with van der Waals surface area (Å²) in [5.41, 5.74) is -0.581. The molecule has 2 aliphatic rings. The van der Waals surface area contributed by atoms with Crippen LogP contribution in [0, 0.1) is 41.4 Å². The highest BCUT2D eigenvalue weighted by Crippen LogP contribution is 2.50. The van der Waals surface area contributed by atoms with E-state index in [1.54, 1.807) is 31.7 Å². The van der Waals surface area contributed by atoms with E-state index in [1.807, 2.05) is 13.0 Å². The average molecular weight is 418 g/mol. The van der Waals surface area contributed by atoms with Gasteiger partial charge in [-0.05, 0) is 31.9 Å². The fraction of sp³-hybridized carbons (Fsp3) is 0.652. The molecule has 1 aliphatic carbocycles. The van der Waals surface area contributed by atoms with Crippen LogP contribution in [0.15, 0.2) is 17.1 Å². The van der Waals surface area contributed by atoms with Gasteiger partial charge in [0, 0.05) is 37.5 Å². The first-order chi connectivity index (χ1) is 13.8. The third-order valence-electron chi connectivity index (χ3n) is 5.62. The van der Waals surface area contributed by atoms with Crippen molar-refractivity contribution in [3.05, 3.63) is 12.2 Å². The van der Waals surface area contributed by atoms with Crippen LogP contribution in [0.2, 0.25) is 0 Å². The molecule has 158 valence electrons. The van der Waals surface area contributed by atoms with Gasteiger partial charge in [0.1, 0.15) is 5.54 Å². The third kappa shape index (κ3) is 6.12. The molecule has 6 unspecified atom stereocenters. The Hall–Kier alpha value is -1.73. The molecule has 3 N–H and O–H groups in total. The van der Waals surface area contributed by atoms with Gasteiger partial charge >= 0.3 is 5.97 Å². The number of carboxylic acid groups (broad SMARTS) is 1. The van der Waals surface area contributed by atoms with E-state index in [2.05, 4.69) is 23.7 Å². The van der Waals surface area contributed by atoms with Crippen molar-refractivity contribution >= 4 is 22.8 Å². The SMILES string of the molecule is CC#CCC(C)C(O)C=CC1C(O)CC2(C#CC)N=C(SCCCC(=O)O)CC12. The molecule has 0 amide bonds. The van der Waals surface area contributed by atoms with Crippen LogP contribution in [0.1, 0.15) is 52.9 Å². The monoisotopic (exact) mass is 417 g/mol. The lowest BCUT2D eigenvalue weighted by Gasteiger charge is -2.22. The summed E-state index contributed by atoms with van der Waals surface area (Å²) in [5.74, 6) is 12.0. The summed E-state index contributed by atoms with van der Waals surface area (Å²) in [7, 11) is 0. The number of hydrogen-bond donors (Lipinski definition) is 3. The Bertz CT molecular complexity index is 769. The fourth-order valence-electron chi connectivity index (χ4n) is 4.05. The highest BCUT2D eigenvalue weighted by atomic mass is 32.2. The van der Waals surface area contributed by atoms with E-state index >= 15 is 0 Å². The number of hydrogen-bond acceptors (Lipinski definition) is 5. The van der Waals surface area contributed by atoms with Gasteiger partial charge in [-0.1, -0.05) is 25.0 Å². The number of aliphatic hydroxyl groups excluding tert-OH is 2. The van der Waals surface area contributed by atoms with E-state index in [9.17, 15) is 15.0 Å². The predicted molar refractivity (Wildman–Crippen MR) is 118 cm³/mol. The van der Waals surface area contributed by atoms with Gasteiger partial charge in [-0.15, -0.1) is 29.5 Å². The van der Waals surface area contributed by atoms with Gasteiger partial charge in [0.05, 0.1) is 17.3 Å². The Morgan fingerprint density at radius 1 is 1.41 bits per heavy atom. The van der Waals surface area contributed by atoms with Crippen molar-refractivity contribution in [3.8, 4) is 23.7 Å². The number of aliphatic carboxylic acids is 1. The highest BCUT2D eigenvalue weighted by molar-refractivity contribution is 8.13. The van der Waals surface area contributed by atoms with Gasteiger partial charge < -0.3 is 15.3 Å². The normalized spacial score (nSPS) is 30.0. The van der Waals surface area contributed by atoms with Crippen LogP contribution in [0.5, 0.6) is 0 Å². The molecule has 1 heterocycles. The van der Waals surface area contributed by atoms with Crippen LogP contribution in [0.25, 0.3) is 0 Å². The second kappa shape index (κ2) is 10.9. The topological polar surface area (TPSA) is 90.1 Å². The molecule has 6 heteroatoms. The van der Waals surface area contributed by atoms with Crippen LogP contribution in [0.3, 0.4) is 0 Å². The number of thioether (sulfide) groups is 1. The van der Waals surface area contributed by atoms with Crippen molar-refractivity contribution in [1.29, 1.82) is 0 Å². The first kappa shape index (κ1) is 23.5. The van der Waals surface area contributed by atoms with E-state index in [-0.39, 0.29) is 24.2 Å². The zero-order valence-corrected chi connectivity index (χ0v) is 18.2. The van der Waals surface area contributed by atoms with Crippen LogP contribution in [0.4, 0.5) is 0 Å². The molecule has 29 heavy (non-hydrogen) atoms. The van der Waals surface area contributed by atoms with Crippen molar-refractivity contribution in [2.45, 2.75) is 70.6 Å². The quantitative estimate of drug-likeness (QED) is 0.321. The number of carbonyl (C=O) groups is 1. The van der Waals surface area contributed by atoms with Crippen molar-refractivity contribution in [2.24, 2.45) is 22.7 Å². The maximum absolute atomic E-state index is 10.7. The zero-order valence-electron chi connectivity index (χ0n) is 17.4. The van der Waals surface area contributed by atoms with E-state index in [0.29, 0.717) is 25.0 Å². The van der Waals surface area contributed by atoms with Crippen molar-refractivity contribution in [1.82, 2.24) is 0 Å². The number of carboxylic acids is 1. The molecule has 1 saturated carbocycles. The van der Waals surface area contributed by atoms with Gasteiger partial charge in [-0.3, -0.25) is 9.79 Å². The molecule has 1 aliphatic heterocycles. The Morgan fingerprint density at radius 3 is 2.83 bits per heavy atom. The van der Waals surface area contributed by atoms with Crippen molar-refractivity contribution in [2.75, 3.05) is 5.75 Å². The lowest BCUT2D eigenvalue weighted by Crippen LogP contribution is -2.27.